The summed E-state index contributed by atoms with van der Waals surface area (Å²) in [4.78, 5) is 5.93. The molecule has 2 aromatic heterocycles. The van der Waals surface area contributed by atoms with Crippen LogP contribution in [0.25, 0.3) is 10.2 Å². The zero-order valence-electron chi connectivity index (χ0n) is 7.39. The molecule has 2 aromatic rings. The van der Waals surface area contributed by atoms with E-state index in [-0.39, 0.29) is 5.82 Å². The van der Waals surface area contributed by atoms with Crippen molar-refractivity contribution in [1.29, 1.82) is 0 Å². The zero-order valence-corrected chi connectivity index (χ0v) is 8.20. The Kier molecular flexibility index (Phi) is 1.73. The number of aromatic nitrogens is 1. The number of rotatable bonds is 0. The van der Waals surface area contributed by atoms with E-state index in [2.05, 4.69) is 4.98 Å². The molecule has 4 heteroatoms. The molecule has 0 aliphatic heterocycles. The highest BCUT2D eigenvalue weighted by Gasteiger charge is 2.09. The average Bonchev–Trinajstić information content (AvgIpc) is 2.32. The number of hydrogen-bond acceptors (Lipinski definition) is 3. The van der Waals surface area contributed by atoms with Crippen molar-refractivity contribution in [2.45, 2.75) is 13.8 Å². The first-order valence-corrected chi connectivity index (χ1v) is 4.73. The quantitative estimate of drug-likeness (QED) is 0.703. The predicted molar refractivity (Wildman–Crippen MR) is 53.5 cm³/mol. The number of halogens is 1. The van der Waals surface area contributed by atoms with Gasteiger partial charge in [-0.05, 0) is 19.9 Å². The van der Waals surface area contributed by atoms with Gasteiger partial charge in [0, 0.05) is 10.3 Å². The van der Waals surface area contributed by atoms with Crippen LogP contribution < -0.4 is 5.73 Å². The van der Waals surface area contributed by atoms with Gasteiger partial charge >= 0.3 is 0 Å². The Labute approximate surface area is 79.2 Å². The number of nitrogen functional groups attached to an aromatic ring is 1. The summed E-state index contributed by atoms with van der Waals surface area (Å²) in [7, 11) is 0. The zero-order chi connectivity index (χ0) is 9.59. The third-order valence-electron chi connectivity index (χ3n) is 2.04. The Bertz CT molecular complexity index is 476. The smallest absolute Gasteiger partial charge is 0.145 e. The lowest BCUT2D eigenvalue weighted by atomic mass is 10.2. The largest absolute Gasteiger partial charge is 0.397 e. The molecular formula is C9H9FN2S. The minimum atomic E-state index is -0.294. The molecular weight excluding hydrogens is 187 g/mol. The van der Waals surface area contributed by atoms with E-state index in [1.54, 1.807) is 6.92 Å². The summed E-state index contributed by atoms with van der Waals surface area (Å²) in [6.07, 6.45) is 0. The second-order valence-electron chi connectivity index (χ2n) is 2.98. The second-order valence-corrected chi connectivity index (χ2v) is 4.18. The lowest BCUT2D eigenvalue weighted by Gasteiger charge is -1.95. The Morgan fingerprint density at radius 3 is 2.85 bits per heavy atom. The van der Waals surface area contributed by atoms with Crippen LogP contribution in [0.2, 0.25) is 0 Å². The van der Waals surface area contributed by atoms with Crippen molar-refractivity contribution in [3.05, 3.63) is 22.5 Å². The number of nitrogens with two attached hydrogens (primary N) is 1. The van der Waals surface area contributed by atoms with Gasteiger partial charge in [0.25, 0.3) is 0 Å². The van der Waals surface area contributed by atoms with Gasteiger partial charge in [0.15, 0.2) is 0 Å². The molecule has 2 heterocycles. The maximum absolute atomic E-state index is 13.1. The normalized spacial score (nSPS) is 11.0. The molecule has 0 aromatic carbocycles. The molecule has 2 N–H and O–H groups in total. The third-order valence-corrected chi connectivity index (χ3v) is 3.07. The van der Waals surface area contributed by atoms with Crippen LogP contribution in [0.5, 0.6) is 0 Å². The number of anilines is 1. The van der Waals surface area contributed by atoms with Crippen molar-refractivity contribution in [3.63, 3.8) is 0 Å². The molecule has 0 radical (unpaired) electrons. The van der Waals surface area contributed by atoms with Gasteiger partial charge in [0.1, 0.15) is 10.6 Å². The van der Waals surface area contributed by atoms with E-state index < -0.39 is 0 Å². The van der Waals surface area contributed by atoms with Crippen molar-refractivity contribution < 1.29 is 4.39 Å². The fourth-order valence-corrected chi connectivity index (χ4v) is 2.19. The van der Waals surface area contributed by atoms with Gasteiger partial charge in [0.2, 0.25) is 0 Å². The van der Waals surface area contributed by atoms with Crippen molar-refractivity contribution in [2.24, 2.45) is 0 Å². The standard InChI is InChI=1S/C9H9FN2S/c1-4-7(10)3-6-8(11)5(2)13-9(6)12-4/h3H,11H2,1-2H3. The van der Waals surface area contributed by atoms with Crippen LogP contribution in [-0.4, -0.2) is 4.98 Å². The summed E-state index contributed by atoms with van der Waals surface area (Å²) in [5.41, 5.74) is 6.83. The molecule has 13 heavy (non-hydrogen) atoms. The van der Waals surface area contributed by atoms with E-state index in [0.717, 1.165) is 15.1 Å². The first-order chi connectivity index (χ1) is 6.09. The van der Waals surface area contributed by atoms with Crippen molar-refractivity contribution in [2.75, 3.05) is 5.73 Å². The topological polar surface area (TPSA) is 38.9 Å². The first-order valence-electron chi connectivity index (χ1n) is 3.91. The fourth-order valence-electron chi connectivity index (χ4n) is 1.22. The van der Waals surface area contributed by atoms with Crippen LogP contribution in [0.4, 0.5) is 10.1 Å². The number of pyridine rings is 1. The first kappa shape index (κ1) is 8.44. The van der Waals surface area contributed by atoms with Crippen LogP contribution >= 0.6 is 11.3 Å². The summed E-state index contributed by atoms with van der Waals surface area (Å²) in [5, 5.41) is 0.727. The molecule has 0 unspecified atom stereocenters. The predicted octanol–water partition coefficient (Wildman–Crippen LogP) is 2.63. The summed E-state index contributed by atoms with van der Waals surface area (Å²) in [6.45, 7) is 3.56. The molecule has 0 amide bonds. The lowest BCUT2D eigenvalue weighted by Crippen LogP contribution is -1.89. The summed E-state index contributed by atoms with van der Waals surface area (Å²) >= 11 is 1.50. The maximum Gasteiger partial charge on any atom is 0.145 e. The molecule has 0 saturated heterocycles. The Balaban J connectivity index is 2.89. The minimum absolute atomic E-state index is 0.294. The van der Waals surface area contributed by atoms with E-state index in [1.807, 2.05) is 6.92 Å². The van der Waals surface area contributed by atoms with Crippen LogP contribution in [0.3, 0.4) is 0 Å². The van der Waals surface area contributed by atoms with Crippen LogP contribution in [0, 0.1) is 19.7 Å². The van der Waals surface area contributed by atoms with Gasteiger partial charge in [-0.2, -0.15) is 0 Å². The molecule has 0 aliphatic rings. The number of aryl methyl sites for hydroxylation is 2. The number of hydrogen-bond donors (Lipinski definition) is 1. The highest BCUT2D eigenvalue weighted by molar-refractivity contribution is 7.19. The van der Waals surface area contributed by atoms with Gasteiger partial charge < -0.3 is 5.73 Å². The summed E-state index contributed by atoms with van der Waals surface area (Å²) in [6, 6.07) is 1.45. The summed E-state index contributed by atoms with van der Waals surface area (Å²) in [5.74, 6) is -0.294. The van der Waals surface area contributed by atoms with Gasteiger partial charge in [0.05, 0.1) is 11.4 Å². The molecule has 0 saturated carbocycles. The average molecular weight is 196 g/mol. The number of nitrogens with zero attached hydrogens (tertiary/aromatic N) is 1. The van der Waals surface area contributed by atoms with Crippen LogP contribution in [0.1, 0.15) is 10.6 Å². The van der Waals surface area contributed by atoms with Crippen molar-refractivity contribution in [3.8, 4) is 0 Å². The number of fused-ring (bicyclic) bond motifs is 1. The second kappa shape index (κ2) is 2.67. The molecule has 2 nitrogen and oxygen atoms in total. The molecule has 68 valence electrons. The van der Waals surface area contributed by atoms with Gasteiger partial charge in [-0.15, -0.1) is 11.3 Å². The Hall–Kier alpha value is -1.16. The SMILES string of the molecule is Cc1nc2sc(C)c(N)c2cc1F. The van der Waals surface area contributed by atoms with Crippen LogP contribution in [0.15, 0.2) is 6.07 Å². The number of thiophene rings is 1. The molecule has 0 atom stereocenters. The van der Waals surface area contributed by atoms with E-state index >= 15 is 0 Å². The Morgan fingerprint density at radius 2 is 2.15 bits per heavy atom. The minimum Gasteiger partial charge on any atom is -0.397 e. The lowest BCUT2D eigenvalue weighted by molar-refractivity contribution is 0.613. The maximum atomic E-state index is 13.1. The monoisotopic (exact) mass is 196 g/mol. The third kappa shape index (κ3) is 1.18. The van der Waals surface area contributed by atoms with E-state index in [0.29, 0.717) is 11.4 Å². The van der Waals surface area contributed by atoms with Crippen LogP contribution in [-0.2, 0) is 0 Å². The van der Waals surface area contributed by atoms with Crippen molar-refractivity contribution >= 4 is 27.2 Å². The highest BCUT2D eigenvalue weighted by Crippen LogP contribution is 2.32. The molecule has 0 spiro atoms. The molecule has 0 bridgehead atoms. The highest BCUT2D eigenvalue weighted by atomic mass is 32.1. The van der Waals surface area contributed by atoms with E-state index in [1.165, 1.54) is 17.4 Å². The van der Waals surface area contributed by atoms with Gasteiger partial charge in [-0.3, -0.25) is 0 Å². The molecule has 0 aliphatic carbocycles. The summed E-state index contributed by atoms with van der Waals surface area (Å²) < 4.78 is 13.1. The van der Waals surface area contributed by atoms with Gasteiger partial charge in [-0.1, -0.05) is 0 Å². The van der Waals surface area contributed by atoms with Gasteiger partial charge in [-0.25, -0.2) is 9.37 Å². The van der Waals surface area contributed by atoms with E-state index in [4.69, 9.17) is 5.73 Å². The Morgan fingerprint density at radius 1 is 1.46 bits per heavy atom. The van der Waals surface area contributed by atoms with E-state index in [9.17, 15) is 4.39 Å². The fraction of sp³-hybridized carbons (Fsp3) is 0.222. The molecule has 2 rings (SSSR count). The molecule has 0 fully saturated rings. The van der Waals surface area contributed by atoms with Crippen molar-refractivity contribution in [1.82, 2.24) is 4.98 Å².